The van der Waals surface area contributed by atoms with Crippen molar-refractivity contribution in [1.82, 2.24) is 15.5 Å². The van der Waals surface area contributed by atoms with Crippen LogP contribution >= 0.6 is 15.9 Å². The van der Waals surface area contributed by atoms with Gasteiger partial charge in [-0.25, -0.2) is 0 Å². The molecular formula is C15H18BrN3O. The molecule has 0 spiro atoms. The molecule has 0 aliphatic carbocycles. The summed E-state index contributed by atoms with van der Waals surface area (Å²) in [6.07, 6.45) is 5.53. The number of rotatable bonds is 3. The summed E-state index contributed by atoms with van der Waals surface area (Å²) in [7, 11) is 0. The van der Waals surface area contributed by atoms with Crippen LogP contribution in [0.2, 0.25) is 0 Å². The largest absolute Gasteiger partial charge is 0.338 e. The van der Waals surface area contributed by atoms with Gasteiger partial charge < -0.3 is 9.84 Å². The maximum absolute atomic E-state index is 5.42. The quantitative estimate of drug-likeness (QED) is 0.930. The summed E-state index contributed by atoms with van der Waals surface area (Å²) in [6, 6.07) is 8.43. The average molecular weight is 336 g/mol. The molecule has 20 heavy (non-hydrogen) atoms. The SMILES string of the molecule is Brc1ccc(Cc2noc(C3CCCCCN3)n2)cc1. The van der Waals surface area contributed by atoms with E-state index in [1.165, 1.54) is 24.8 Å². The second-order valence-electron chi connectivity index (χ2n) is 5.21. The lowest BCUT2D eigenvalue weighted by Gasteiger charge is -2.09. The summed E-state index contributed by atoms with van der Waals surface area (Å²) in [4.78, 5) is 4.54. The van der Waals surface area contributed by atoms with Crippen LogP contribution in [0.15, 0.2) is 33.3 Å². The molecule has 1 aromatic heterocycles. The van der Waals surface area contributed by atoms with Gasteiger partial charge in [-0.3, -0.25) is 0 Å². The minimum atomic E-state index is 0.226. The van der Waals surface area contributed by atoms with Crippen molar-refractivity contribution in [3.63, 3.8) is 0 Å². The summed E-state index contributed by atoms with van der Waals surface area (Å²) in [5.41, 5.74) is 1.19. The number of nitrogens with zero attached hydrogens (tertiary/aromatic N) is 2. The minimum Gasteiger partial charge on any atom is -0.338 e. The molecule has 0 bridgehead atoms. The Morgan fingerprint density at radius 2 is 2.05 bits per heavy atom. The van der Waals surface area contributed by atoms with Crippen LogP contribution in [0.3, 0.4) is 0 Å². The van der Waals surface area contributed by atoms with E-state index in [1.54, 1.807) is 0 Å². The van der Waals surface area contributed by atoms with Crippen LogP contribution in [0.5, 0.6) is 0 Å². The molecule has 5 heteroatoms. The summed E-state index contributed by atoms with van der Waals surface area (Å²) in [5.74, 6) is 1.49. The van der Waals surface area contributed by atoms with E-state index in [1.807, 2.05) is 12.1 Å². The Bertz CT molecular complexity index is 545. The molecule has 1 atom stereocenters. The van der Waals surface area contributed by atoms with Gasteiger partial charge in [-0.2, -0.15) is 4.98 Å². The Morgan fingerprint density at radius 1 is 1.20 bits per heavy atom. The van der Waals surface area contributed by atoms with Gasteiger partial charge in [-0.1, -0.05) is 46.1 Å². The van der Waals surface area contributed by atoms with Gasteiger partial charge in [0.1, 0.15) is 0 Å². The zero-order chi connectivity index (χ0) is 13.8. The van der Waals surface area contributed by atoms with E-state index in [-0.39, 0.29) is 6.04 Å². The van der Waals surface area contributed by atoms with Crippen LogP contribution in [0, 0.1) is 0 Å². The van der Waals surface area contributed by atoms with Gasteiger partial charge in [0.05, 0.1) is 6.04 Å². The molecule has 1 aliphatic heterocycles. The van der Waals surface area contributed by atoms with E-state index >= 15 is 0 Å². The smallest absolute Gasteiger partial charge is 0.243 e. The first kappa shape index (κ1) is 13.8. The Kier molecular flexibility index (Phi) is 4.47. The predicted octanol–water partition coefficient (Wildman–Crippen LogP) is 3.63. The molecule has 0 amide bonds. The lowest BCUT2D eigenvalue weighted by molar-refractivity contribution is 0.325. The molecule has 2 heterocycles. The van der Waals surface area contributed by atoms with Gasteiger partial charge in [0.15, 0.2) is 5.82 Å². The van der Waals surface area contributed by atoms with Crippen molar-refractivity contribution < 1.29 is 4.52 Å². The van der Waals surface area contributed by atoms with Gasteiger partial charge in [0.2, 0.25) is 5.89 Å². The third-order valence-corrected chi connectivity index (χ3v) is 4.15. The number of hydrogen-bond acceptors (Lipinski definition) is 4. The third kappa shape index (κ3) is 3.46. The highest BCUT2D eigenvalue weighted by Crippen LogP contribution is 2.21. The monoisotopic (exact) mass is 335 g/mol. The van der Waals surface area contributed by atoms with Crippen molar-refractivity contribution in [3.8, 4) is 0 Å². The van der Waals surface area contributed by atoms with Crippen molar-refractivity contribution in [3.05, 3.63) is 46.0 Å². The number of hydrogen-bond donors (Lipinski definition) is 1. The molecule has 2 aromatic rings. The zero-order valence-electron chi connectivity index (χ0n) is 11.3. The standard InChI is InChI=1S/C15H18BrN3O/c16-12-7-5-11(6-8-12)10-14-18-15(20-19-14)13-4-2-1-3-9-17-13/h5-8,13,17H,1-4,9-10H2. The Hall–Kier alpha value is -1.20. The van der Waals surface area contributed by atoms with Crippen molar-refractivity contribution in [1.29, 1.82) is 0 Å². The van der Waals surface area contributed by atoms with Crippen molar-refractivity contribution >= 4 is 15.9 Å². The van der Waals surface area contributed by atoms with Crippen LogP contribution in [-0.4, -0.2) is 16.7 Å². The topological polar surface area (TPSA) is 51.0 Å². The molecular weight excluding hydrogens is 318 g/mol. The van der Waals surface area contributed by atoms with Crippen LogP contribution in [0.25, 0.3) is 0 Å². The Morgan fingerprint density at radius 3 is 2.90 bits per heavy atom. The number of halogens is 1. The molecule has 1 N–H and O–H groups in total. The fourth-order valence-electron chi connectivity index (χ4n) is 2.51. The molecule has 1 saturated heterocycles. The zero-order valence-corrected chi connectivity index (χ0v) is 12.9. The van der Waals surface area contributed by atoms with Gasteiger partial charge >= 0.3 is 0 Å². The van der Waals surface area contributed by atoms with E-state index in [9.17, 15) is 0 Å². The summed E-state index contributed by atoms with van der Waals surface area (Å²) >= 11 is 3.44. The van der Waals surface area contributed by atoms with Gasteiger partial charge in [0, 0.05) is 10.9 Å². The minimum absolute atomic E-state index is 0.226. The molecule has 4 nitrogen and oxygen atoms in total. The third-order valence-electron chi connectivity index (χ3n) is 3.62. The highest BCUT2D eigenvalue weighted by Gasteiger charge is 2.19. The van der Waals surface area contributed by atoms with Gasteiger partial charge in [0.25, 0.3) is 0 Å². The molecule has 1 aromatic carbocycles. The van der Waals surface area contributed by atoms with E-state index in [2.05, 4.69) is 43.5 Å². The van der Waals surface area contributed by atoms with Crippen molar-refractivity contribution in [2.45, 2.75) is 38.1 Å². The predicted molar refractivity (Wildman–Crippen MR) is 80.5 cm³/mol. The highest BCUT2D eigenvalue weighted by atomic mass is 79.9. The van der Waals surface area contributed by atoms with E-state index < -0.39 is 0 Å². The molecule has 0 saturated carbocycles. The number of nitrogens with one attached hydrogen (secondary N) is 1. The molecule has 3 rings (SSSR count). The maximum atomic E-state index is 5.42. The molecule has 1 fully saturated rings. The average Bonchev–Trinajstić information content (AvgIpc) is 2.74. The fraction of sp³-hybridized carbons (Fsp3) is 0.467. The summed E-state index contributed by atoms with van der Waals surface area (Å²) in [6.45, 7) is 1.04. The summed E-state index contributed by atoms with van der Waals surface area (Å²) in [5, 5.41) is 7.58. The first-order chi connectivity index (χ1) is 9.81. The van der Waals surface area contributed by atoms with Crippen LogP contribution in [-0.2, 0) is 6.42 Å². The summed E-state index contributed by atoms with van der Waals surface area (Å²) < 4.78 is 6.50. The lowest BCUT2D eigenvalue weighted by Crippen LogP contribution is -2.20. The molecule has 106 valence electrons. The van der Waals surface area contributed by atoms with Gasteiger partial charge in [-0.15, -0.1) is 0 Å². The molecule has 0 radical (unpaired) electrons. The van der Waals surface area contributed by atoms with E-state index in [4.69, 9.17) is 4.52 Å². The second kappa shape index (κ2) is 6.50. The maximum Gasteiger partial charge on any atom is 0.243 e. The normalized spacial score (nSPS) is 19.8. The van der Waals surface area contributed by atoms with Crippen LogP contribution in [0.4, 0.5) is 0 Å². The first-order valence-electron chi connectivity index (χ1n) is 7.11. The van der Waals surface area contributed by atoms with Crippen molar-refractivity contribution in [2.24, 2.45) is 0 Å². The Balaban J connectivity index is 1.68. The molecule has 1 aliphatic rings. The second-order valence-corrected chi connectivity index (χ2v) is 6.12. The molecule has 1 unspecified atom stereocenters. The first-order valence-corrected chi connectivity index (χ1v) is 7.91. The van der Waals surface area contributed by atoms with Crippen LogP contribution < -0.4 is 5.32 Å². The van der Waals surface area contributed by atoms with Crippen molar-refractivity contribution in [2.75, 3.05) is 6.54 Å². The number of benzene rings is 1. The van der Waals surface area contributed by atoms with E-state index in [0.717, 1.165) is 29.2 Å². The lowest BCUT2D eigenvalue weighted by atomic mass is 10.1. The van der Waals surface area contributed by atoms with Gasteiger partial charge in [-0.05, 0) is 37.1 Å². The Labute approximate surface area is 127 Å². The number of aromatic nitrogens is 2. The van der Waals surface area contributed by atoms with Crippen LogP contribution in [0.1, 0.15) is 49.0 Å². The highest BCUT2D eigenvalue weighted by molar-refractivity contribution is 9.10. The van der Waals surface area contributed by atoms with E-state index in [0.29, 0.717) is 6.42 Å². The fourth-order valence-corrected chi connectivity index (χ4v) is 2.77.